The molecule has 0 bridgehead atoms. The molecule has 5 rings (SSSR count). The summed E-state index contributed by atoms with van der Waals surface area (Å²) in [6.07, 6.45) is 3.34. The first-order chi connectivity index (χ1) is 18.7. The van der Waals surface area contributed by atoms with E-state index in [0.29, 0.717) is 22.5 Å². The summed E-state index contributed by atoms with van der Waals surface area (Å²) in [5, 5.41) is 9.63. The number of hydrogen-bond acceptors (Lipinski definition) is 5. The second kappa shape index (κ2) is 10.7. The van der Waals surface area contributed by atoms with Gasteiger partial charge >= 0.3 is 5.97 Å². The molecule has 39 heavy (non-hydrogen) atoms. The van der Waals surface area contributed by atoms with Crippen molar-refractivity contribution in [2.45, 2.75) is 12.8 Å². The highest BCUT2D eigenvalue weighted by Gasteiger charge is 2.29. The summed E-state index contributed by atoms with van der Waals surface area (Å²) >= 11 is 0.642. The smallest absolute Gasteiger partial charge is 0.304 e. The van der Waals surface area contributed by atoms with Crippen molar-refractivity contribution >= 4 is 39.4 Å². The van der Waals surface area contributed by atoms with Crippen molar-refractivity contribution in [2.24, 2.45) is 13.0 Å². The third kappa shape index (κ3) is 5.42. The number of aliphatic carboxylic acids is 1. The SMILES string of the molecule is CN(C(=O)[C@@H](CC(=O)O)Cc1ccccc1)c1nc(-c2cc(F)ccc2-c2cnc3c(ccn3C)c2)c(F)s1. The van der Waals surface area contributed by atoms with E-state index in [1.54, 1.807) is 12.3 Å². The second-order valence-corrected chi connectivity index (χ2v) is 10.2. The van der Waals surface area contributed by atoms with Crippen LogP contribution in [0.3, 0.4) is 0 Å². The van der Waals surface area contributed by atoms with E-state index < -0.39 is 28.7 Å². The molecule has 0 spiro atoms. The van der Waals surface area contributed by atoms with Gasteiger partial charge in [-0.15, -0.1) is 0 Å². The molecule has 0 radical (unpaired) electrons. The Balaban J connectivity index is 1.49. The summed E-state index contributed by atoms with van der Waals surface area (Å²) in [7, 11) is 3.31. The number of hydrogen-bond donors (Lipinski definition) is 1. The number of benzene rings is 2. The van der Waals surface area contributed by atoms with Gasteiger partial charge in [-0.2, -0.15) is 4.39 Å². The Morgan fingerprint density at radius 3 is 2.59 bits per heavy atom. The molecule has 7 nitrogen and oxygen atoms in total. The van der Waals surface area contributed by atoms with Gasteiger partial charge in [-0.1, -0.05) is 47.7 Å². The maximum Gasteiger partial charge on any atom is 0.304 e. The lowest BCUT2D eigenvalue weighted by Gasteiger charge is -2.21. The first-order valence-corrected chi connectivity index (χ1v) is 12.9. The van der Waals surface area contributed by atoms with Gasteiger partial charge in [0.2, 0.25) is 11.0 Å². The zero-order valence-electron chi connectivity index (χ0n) is 21.1. The van der Waals surface area contributed by atoms with Crippen LogP contribution in [0.5, 0.6) is 0 Å². The minimum Gasteiger partial charge on any atom is -0.481 e. The first kappa shape index (κ1) is 26.2. The fraction of sp³-hybridized carbons (Fsp3) is 0.172. The standard InChI is InChI=1S/C29H24F2N4O3S/c1-34-11-10-18-13-20(16-32-27(18)34)22-9-8-21(30)15-23(22)25-26(31)39-29(33-25)35(2)28(38)19(14-24(36)37)12-17-6-4-3-5-7-17/h3-11,13,15-16,19H,12,14H2,1-2H3,(H,36,37)/t19-/m1/s1. The molecule has 0 unspecified atom stereocenters. The minimum absolute atomic E-state index is 0.0443. The summed E-state index contributed by atoms with van der Waals surface area (Å²) < 4.78 is 31.6. The van der Waals surface area contributed by atoms with E-state index in [1.807, 2.05) is 60.3 Å². The van der Waals surface area contributed by atoms with Crippen LogP contribution in [0.1, 0.15) is 12.0 Å². The van der Waals surface area contributed by atoms with Crippen LogP contribution >= 0.6 is 11.3 Å². The summed E-state index contributed by atoms with van der Waals surface area (Å²) in [6.45, 7) is 0. The number of rotatable bonds is 8. The Morgan fingerprint density at radius 1 is 1.08 bits per heavy atom. The Kier molecular flexibility index (Phi) is 7.21. The van der Waals surface area contributed by atoms with Crippen LogP contribution in [0.4, 0.5) is 13.9 Å². The monoisotopic (exact) mass is 546 g/mol. The molecule has 0 saturated carbocycles. The second-order valence-electron chi connectivity index (χ2n) is 9.25. The first-order valence-electron chi connectivity index (χ1n) is 12.1. The number of fused-ring (bicyclic) bond motifs is 1. The number of carbonyl (C=O) groups excluding carboxylic acids is 1. The van der Waals surface area contributed by atoms with Crippen LogP contribution in [0.15, 0.2) is 73.1 Å². The molecule has 1 N–H and O–H groups in total. The summed E-state index contributed by atoms with van der Waals surface area (Å²) in [5.41, 5.74) is 2.90. The highest BCUT2D eigenvalue weighted by molar-refractivity contribution is 7.14. The molecule has 1 atom stereocenters. The number of thiazole rings is 1. The molecule has 0 saturated heterocycles. The zero-order valence-corrected chi connectivity index (χ0v) is 22.0. The number of carboxylic acids is 1. The van der Waals surface area contributed by atoms with Gasteiger partial charge in [-0.05, 0) is 41.8 Å². The molecule has 0 aliphatic carbocycles. The lowest BCUT2D eigenvalue weighted by atomic mass is 9.95. The third-order valence-electron chi connectivity index (χ3n) is 6.54. The van der Waals surface area contributed by atoms with E-state index in [4.69, 9.17) is 0 Å². The van der Waals surface area contributed by atoms with Crippen LogP contribution in [0.25, 0.3) is 33.4 Å². The summed E-state index contributed by atoms with van der Waals surface area (Å²) in [6, 6.07) is 16.9. The van der Waals surface area contributed by atoms with Crippen molar-refractivity contribution in [1.29, 1.82) is 0 Å². The molecule has 2 aromatic carbocycles. The fourth-order valence-corrected chi connectivity index (χ4v) is 5.37. The van der Waals surface area contributed by atoms with Crippen molar-refractivity contribution in [3.05, 3.63) is 89.6 Å². The van der Waals surface area contributed by atoms with E-state index in [0.717, 1.165) is 16.6 Å². The largest absolute Gasteiger partial charge is 0.481 e. The lowest BCUT2D eigenvalue weighted by Crippen LogP contribution is -2.35. The molecule has 1 amide bonds. The highest BCUT2D eigenvalue weighted by atomic mass is 32.1. The Bertz CT molecular complexity index is 1680. The van der Waals surface area contributed by atoms with Crippen LogP contribution in [-0.4, -0.2) is 38.6 Å². The number of carboxylic acid groups (broad SMARTS) is 1. The van der Waals surface area contributed by atoms with Gasteiger partial charge < -0.3 is 9.67 Å². The highest BCUT2D eigenvalue weighted by Crippen LogP contribution is 2.38. The molecule has 3 heterocycles. The van der Waals surface area contributed by atoms with Crippen LogP contribution in [0, 0.1) is 16.9 Å². The summed E-state index contributed by atoms with van der Waals surface area (Å²) in [5.74, 6) is -3.05. The van der Waals surface area contributed by atoms with Crippen molar-refractivity contribution in [3.8, 4) is 22.4 Å². The molecule has 198 valence electrons. The van der Waals surface area contributed by atoms with Gasteiger partial charge in [0, 0.05) is 43.0 Å². The van der Waals surface area contributed by atoms with Gasteiger partial charge in [-0.3, -0.25) is 14.5 Å². The maximum absolute atomic E-state index is 15.3. The molecule has 0 aliphatic heterocycles. The van der Waals surface area contributed by atoms with Gasteiger partial charge in [0.25, 0.3) is 0 Å². The Labute approximate surface area is 227 Å². The number of anilines is 1. The van der Waals surface area contributed by atoms with Gasteiger partial charge in [-0.25, -0.2) is 14.4 Å². The molecular weight excluding hydrogens is 522 g/mol. The van der Waals surface area contributed by atoms with Crippen LogP contribution in [0.2, 0.25) is 0 Å². The molecule has 10 heteroatoms. The van der Waals surface area contributed by atoms with E-state index in [-0.39, 0.29) is 29.2 Å². The predicted molar refractivity (Wildman–Crippen MR) is 146 cm³/mol. The number of aryl methyl sites for hydroxylation is 1. The van der Waals surface area contributed by atoms with E-state index in [1.165, 1.54) is 24.1 Å². The van der Waals surface area contributed by atoms with E-state index in [9.17, 15) is 19.1 Å². The number of amides is 1. The fourth-order valence-electron chi connectivity index (χ4n) is 4.59. The number of nitrogens with zero attached hydrogens (tertiary/aromatic N) is 4. The van der Waals surface area contributed by atoms with Crippen molar-refractivity contribution in [3.63, 3.8) is 0 Å². The van der Waals surface area contributed by atoms with E-state index >= 15 is 4.39 Å². The molecule has 0 fully saturated rings. The van der Waals surface area contributed by atoms with E-state index in [2.05, 4.69) is 9.97 Å². The molecule has 5 aromatic rings. The lowest BCUT2D eigenvalue weighted by molar-refractivity contribution is -0.140. The third-order valence-corrected chi connectivity index (χ3v) is 7.46. The summed E-state index contributed by atoms with van der Waals surface area (Å²) in [4.78, 5) is 34.9. The predicted octanol–water partition coefficient (Wildman–Crippen LogP) is 5.94. The Morgan fingerprint density at radius 2 is 1.85 bits per heavy atom. The quantitative estimate of drug-likeness (QED) is 0.260. The normalized spacial score (nSPS) is 12.0. The molecule has 3 aromatic heterocycles. The topological polar surface area (TPSA) is 88.3 Å². The molecular formula is C29H24F2N4O3S. The average molecular weight is 547 g/mol. The van der Waals surface area contributed by atoms with Gasteiger partial charge in [0.05, 0.1) is 12.3 Å². The zero-order chi connectivity index (χ0) is 27.7. The van der Waals surface area contributed by atoms with Crippen molar-refractivity contribution < 1.29 is 23.5 Å². The number of halogens is 2. The number of carbonyl (C=O) groups is 2. The maximum atomic E-state index is 15.3. The number of aromatic nitrogens is 3. The molecule has 0 aliphatic rings. The van der Waals surface area contributed by atoms with Crippen LogP contribution in [-0.2, 0) is 23.1 Å². The van der Waals surface area contributed by atoms with Crippen molar-refractivity contribution in [2.75, 3.05) is 11.9 Å². The van der Waals surface area contributed by atoms with Crippen LogP contribution < -0.4 is 4.90 Å². The van der Waals surface area contributed by atoms with Crippen molar-refractivity contribution in [1.82, 2.24) is 14.5 Å². The van der Waals surface area contributed by atoms with Gasteiger partial charge in [0.15, 0.2) is 5.13 Å². The van der Waals surface area contributed by atoms with Gasteiger partial charge in [0.1, 0.15) is 17.2 Å². The average Bonchev–Trinajstić information content (AvgIpc) is 3.49. The minimum atomic E-state index is -1.11. The Hall–Kier alpha value is -4.44. The number of pyridine rings is 1.